The summed E-state index contributed by atoms with van der Waals surface area (Å²) in [6.07, 6.45) is 2.46. The van der Waals surface area contributed by atoms with Gasteiger partial charge in [0.2, 0.25) is 0 Å². The molecular formula is C11H21NO. The summed E-state index contributed by atoms with van der Waals surface area (Å²) in [5.74, 6) is 1.13. The topological polar surface area (TPSA) is 29.1 Å². The highest BCUT2D eigenvalue weighted by Gasteiger charge is 2.44. The van der Waals surface area contributed by atoms with E-state index in [1.807, 2.05) is 13.8 Å². The van der Waals surface area contributed by atoms with Gasteiger partial charge in [-0.3, -0.25) is 4.79 Å². The van der Waals surface area contributed by atoms with Gasteiger partial charge in [-0.1, -0.05) is 27.7 Å². The minimum atomic E-state index is 0.162. The minimum absolute atomic E-state index is 0.162. The van der Waals surface area contributed by atoms with Crippen molar-refractivity contribution in [1.82, 2.24) is 5.32 Å². The SMILES string of the molecule is CC(C)C(=O)CNC1(C(C)C)CC1. The zero-order valence-electron chi connectivity index (χ0n) is 9.18. The molecule has 76 valence electrons. The summed E-state index contributed by atoms with van der Waals surface area (Å²) in [4.78, 5) is 11.4. The van der Waals surface area contributed by atoms with Gasteiger partial charge in [-0.15, -0.1) is 0 Å². The molecule has 13 heavy (non-hydrogen) atoms. The molecule has 0 aromatic rings. The quantitative estimate of drug-likeness (QED) is 0.706. The maximum Gasteiger partial charge on any atom is 0.149 e. The molecule has 1 N–H and O–H groups in total. The molecule has 0 atom stereocenters. The molecule has 0 unspecified atom stereocenters. The number of Topliss-reactive ketones (excluding diaryl/α,β-unsaturated/α-hetero) is 1. The van der Waals surface area contributed by atoms with Crippen LogP contribution in [0.3, 0.4) is 0 Å². The minimum Gasteiger partial charge on any atom is -0.304 e. The average Bonchev–Trinajstić information content (AvgIpc) is 2.80. The van der Waals surface area contributed by atoms with Crippen molar-refractivity contribution in [1.29, 1.82) is 0 Å². The highest BCUT2D eigenvalue weighted by atomic mass is 16.1. The molecule has 2 heteroatoms. The van der Waals surface area contributed by atoms with Crippen molar-refractivity contribution in [3.63, 3.8) is 0 Å². The first kappa shape index (κ1) is 10.7. The molecule has 1 aliphatic rings. The number of rotatable bonds is 5. The van der Waals surface area contributed by atoms with Crippen molar-refractivity contribution in [2.75, 3.05) is 6.54 Å². The van der Waals surface area contributed by atoms with Crippen LogP contribution in [-0.2, 0) is 4.79 Å². The van der Waals surface area contributed by atoms with Crippen LogP contribution >= 0.6 is 0 Å². The molecule has 1 saturated carbocycles. The fourth-order valence-corrected chi connectivity index (χ4v) is 1.56. The van der Waals surface area contributed by atoms with Crippen molar-refractivity contribution in [2.24, 2.45) is 11.8 Å². The van der Waals surface area contributed by atoms with Gasteiger partial charge in [0.05, 0.1) is 6.54 Å². The molecule has 0 saturated heterocycles. The van der Waals surface area contributed by atoms with Crippen molar-refractivity contribution >= 4 is 5.78 Å². The zero-order chi connectivity index (χ0) is 10.1. The van der Waals surface area contributed by atoms with Gasteiger partial charge in [0, 0.05) is 11.5 Å². The lowest BCUT2D eigenvalue weighted by Crippen LogP contribution is -2.40. The lowest BCUT2D eigenvalue weighted by Gasteiger charge is -2.21. The molecule has 2 nitrogen and oxygen atoms in total. The second-order valence-electron chi connectivity index (χ2n) is 4.79. The highest BCUT2D eigenvalue weighted by Crippen LogP contribution is 2.41. The van der Waals surface area contributed by atoms with E-state index in [0.717, 1.165) is 0 Å². The van der Waals surface area contributed by atoms with Gasteiger partial charge < -0.3 is 5.32 Å². The third kappa shape index (κ3) is 2.53. The van der Waals surface area contributed by atoms with Crippen LogP contribution in [0.15, 0.2) is 0 Å². The zero-order valence-corrected chi connectivity index (χ0v) is 9.18. The Labute approximate surface area is 81.1 Å². The average molecular weight is 183 g/mol. The van der Waals surface area contributed by atoms with Crippen LogP contribution in [0.25, 0.3) is 0 Å². The molecule has 0 aliphatic heterocycles. The molecule has 0 spiro atoms. The fourth-order valence-electron chi connectivity index (χ4n) is 1.56. The van der Waals surface area contributed by atoms with Gasteiger partial charge in [0.25, 0.3) is 0 Å². The Morgan fingerprint density at radius 1 is 1.31 bits per heavy atom. The molecule has 1 aliphatic carbocycles. The number of hydrogen-bond acceptors (Lipinski definition) is 2. The Balaban J connectivity index is 2.31. The van der Waals surface area contributed by atoms with Crippen LogP contribution in [0.2, 0.25) is 0 Å². The maximum atomic E-state index is 11.4. The van der Waals surface area contributed by atoms with Crippen molar-refractivity contribution < 1.29 is 4.79 Å². The van der Waals surface area contributed by atoms with Crippen LogP contribution in [0.5, 0.6) is 0 Å². The van der Waals surface area contributed by atoms with Gasteiger partial charge in [0.15, 0.2) is 0 Å². The van der Waals surface area contributed by atoms with Crippen LogP contribution in [0.1, 0.15) is 40.5 Å². The summed E-state index contributed by atoms with van der Waals surface area (Å²) in [5.41, 5.74) is 0.296. The summed E-state index contributed by atoms with van der Waals surface area (Å²) in [6.45, 7) is 8.91. The van der Waals surface area contributed by atoms with Crippen molar-refractivity contribution in [2.45, 2.75) is 46.1 Å². The molecule has 0 amide bonds. The van der Waals surface area contributed by atoms with Crippen molar-refractivity contribution in [3.05, 3.63) is 0 Å². The van der Waals surface area contributed by atoms with Gasteiger partial charge in [-0.2, -0.15) is 0 Å². The number of ketones is 1. The Morgan fingerprint density at radius 2 is 1.85 bits per heavy atom. The summed E-state index contributed by atoms with van der Waals surface area (Å²) in [7, 11) is 0. The van der Waals surface area contributed by atoms with E-state index in [9.17, 15) is 4.79 Å². The largest absolute Gasteiger partial charge is 0.304 e. The molecule has 1 fully saturated rings. The molecule has 0 aromatic carbocycles. The first-order chi connectivity index (χ1) is 5.98. The lowest BCUT2D eigenvalue weighted by molar-refractivity contribution is -0.121. The first-order valence-corrected chi connectivity index (χ1v) is 5.26. The van der Waals surface area contributed by atoms with Gasteiger partial charge in [-0.25, -0.2) is 0 Å². The highest BCUT2D eigenvalue weighted by molar-refractivity contribution is 5.82. The van der Waals surface area contributed by atoms with Crippen molar-refractivity contribution in [3.8, 4) is 0 Å². The first-order valence-electron chi connectivity index (χ1n) is 5.26. The Bertz CT molecular complexity index is 192. The standard InChI is InChI=1S/C11H21NO/c1-8(2)10(13)7-12-11(5-6-11)9(3)4/h8-9,12H,5-7H2,1-4H3. The smallest absolute Gasteiger partial charge is 0.149 e. The molecule has 0 radical (unpaired) electrons. The van der Waals surface area contributed by atoms with E-state index >= 15 is 0 Å². The van der Waals surface area contributed by atoms with Crippen LogP contribution < -0.4 is 5.32 Å². The van der Waals surface area contributed by atoms with Gasteiger partial charge >= 0.3 is 0 Å². The molecule has 0 heterocycles. The summed E-state index contributed by atoms with van der Waals surface area (Å²) in [5, 5.41) is 3.40. The van der Waals surface area contributed by atoms with E-state index in [-0.39, 0.29) is 5.92 Å². The van der Waals surface area contributed by atoms with E-state index in [1.54, 1.807) is 0 Å². The molecule has 0 aromatic heterocycles. The second-order valence-corrected chi connectivity index (χ2v) is 4.79. The Hall–Kier alpha value is -0.370. The molecular weight excluding hydrogens is 162 g/mol. The maximum absolute atomic E-state index is 11.4. The van der Waals surface area contributed by atoms with E-state index in [4.69, 9.17) is 0 Å². The molecule has 1 rings (SSSR count). The van der Waals surface area contributed by atoms with E-state index in [1.165, 1.54) is 12.8 Å². The number of carbonyl (C=O) groups excluding carboxylic acids is 1. The Morgan fingerprint density at radius 3 is 2.15 bits per heavy atom. The van der Waals surface area contributed by atoms with E-state index in [0.29, 0.717) is 23.8 Å². The van der Waals surface area contributed by atoms with E-state index in [2.05, 4.69) is 19.2 Å². The van der Waals surface area contributed by atoms with Gasteiger partial charge in [-0.05, 0) is 18.8 Å². The number of nitrogens with one attached hydrogen (secondary N) is 1. The number of hydrogen-bond donors (Lipinski definition) is 1. The molecule has 0 bridgehead atoms. The normalized spacial score (nSPS) is 19.5. The van der Waals surface area contributed by atoms with Crippen LogP contribution in [-0.4, -0.2) is 17.9 Å². The Kier molecular flexibility index (Phi) is 3.12. The number of carbonyl (C=O) groups is 1. The summed E-state index contributed by atoms with van der Waals surface area (Å²) < 4.78 is 0. The third-order valence-electron chi connectivity index (χ3n) is 3.15. The second kappa shape index (κ2) is 3.79. The summed E-state index contributed by atoms with van der Waals surface area (Å²) >= 11 is 0. The predicted molar refractivity (Wildman–Crippen MR) is 54.7 cm³/mol. The predicted octanol–water partition coefficient (Wildman–Crippen LogP) is 1.99. The van der Waals surface area contributed by atoms with E-state index < -0.39 is 0 Å². The lowest BCUT2D eigenvalue weighted by atomic mass is 10.0. The van der Waals surface area contributed by atoms with Crippen LogP contribution in [0, 0.1) is 11.8 Å². The van der Waals surface area contributed by atoms with Gasteiger partial charge in [0.1, 0.15) is 5.78 Å². The third-order valence-corrected chi connectivity index (χ3v) is 3.15. The summed E-state index contributed by atoms with van der Waals surface area (Å²) in [6, 6.07) is 0. The monoisotopic (exact) mass is 183 g/mol. The fraction of sp³-hybridized carbons (Fsp3) is 0.909. The van der Waals surface area contributed by atoms with Crippen LogP contribution in [0.4, 0.5) is 0 Å².